The molecule has 0 saturated carbocycles. The van der Waals surface area contributed by atoms with Crippen LogP contribution in [0.1, 0.15) is 24.4 Å². The van der Waals surface area contributed by atoms with Gasteiger partial charge in [0.2, 0.25) is 0 Å². The Kier molecular flexibility index (Phi) is 3.71. The molecule has 1 atom stereocenters. The fraction of sp³-hybridized carbons (Fsp3) is 0.364. The maximum atomic E-state index is 13.2. The zero-order valence-electron chi connectivity index (χ0n) is 10.6. The first-order chi connectivity index (χ1) is 9.34. The quantitative estimate of drug-likeness (QED) is 0.879. The van der Waals surface area contributed by atoms with Crippen LogP contribution in [0, 0.1) is 5.82 Å². The number of benzene rings is 1. The maximum Gasteiger partial charge on any atom is 0.419 e. The number of hydrogen-bond acceptors (Lipinski definition) is 4. The van der Waals surface area contributed by atoms with Crippen molar-refractivity contribution >= 4 is 0 Å². The summed E-state index contributed by atoms with van der Waals surface area (Å²) in [5.74, 6) is -1.01. The lowest BCUT2D eigenvalue weighted by atomic mass is 10.1. The van der Waals surface area contributed by atoms with E-state index in [-0.39, 0.29) is 11.7 Å². The molecular formula is C11H11F4N5. The Bertz CT molecular complexity index is 607. The number of rotatable bonds is 3. The van der Waals surface area contributed by atoms with Gasteiger partial charge in [0.25, 0.3) is 0 Å². The SMILES string of the molecule is CNC(C)c1nnnn1-c1ccc(F)c(C(F)(F)F)c1. The molecule has 0 radical (unpaired) electrons. The molecule has 0 amide bonds. The van der Waals surface area contributed by atoms with Gasteiger partial charge in [-0.05, 0) is 42.6 Å². The van der Waals surface area contributed by atoms with E-state index in [4.69, 9.17) is 0 Å². The van der Waals surface area contributed by atoms with E-state index in [2.05, 4.69) is 20.8 Å². The summed E-state index contributed by atoms with van der Waals surface area (Å²) in [4.78, 5) is 0. The second-order valence-corrected chi connectivity index (χ2v) is 4.12. The van der Waals surface area contributed by atoms with E-state index in [0.717, 1.165) is 10.7 Å². The molecule has 0 spiro atoms. The molecule has 0 saturated heterocycles. The van der Waals surface area contributed by atoms with Crippen molar-refractivity contribution in [1.29, 1.82) is 0 Å². The number of aromatic nitrogens is 4. The van der Waals surface area contributed by atoms with Crippen LogP contribution in [0.2, 0.25) is 0 Å². The average molecular weight is 289 g/mol. The van der Waals surface area contributed by atoms with E-state index >= 15 is 0 Å². The van der Waals surface area contributed by atoms with Gasteiger partial charge in [-0.3, -0.25) is 0 Å². The molecule has 1 heterocycles. The molecule has 9 heteroatoms. The molecule has 0 bridgehead atoms. The van der Waals surface area contributed by atoms with Gasteiger partial charge in [0.15, 0.2) is 5.82 Å². The average Bonchev–Trinajstić information content (AvgIpc) is 2.86. The highest BCUT2D eigenvalue weighted by Crippen LogP contribution is 2.32. The molecule has 2 aromatic rings. The smallest absolute Gasteiger partial charge is 0.311 e. The molecule has 0 aliphatic rings. The number of halogens is 4. The van der Waals surface area contributed by atoms with E-state index < -0.39 is 17.6 Å². The van der Waals surface area contributed by atoms with E-state index in [1.807, 2.05) is 0 Å². The second-order valence-electron chi connectivity index (χ2n) is 4.12. The summed E-state index contributed by atoms with van der Waals surface area (Å²) in [6.45, 7) is 1.75. The van der Waals surface area contributed by atoms with Crippen LogP contribution in [0.3, 0.4) is 0 Å². The summed E-state index contributed by atoms with van der Waals surface area (Å²) in [6, 6.07) is 2.34. The maximum absolute atomic E-state index is 13.2. The Hall–Kier alpha value is -2.03. The molecule has 1 N–H and O–H groups in total. The second kappa shape index (κ2) is 5.16. The molecule has 0 aliphatic heterocycles. The first-order valence-electron chi connectivity index (χ1n) is 5.67. The van der Waals surface area contributed by atoms with E-state index in [0.29, 0.717) is 11.9 Å². The van der Waals surface area contributed by atoms with Crippen LogP contribution in [0.15, 0.2) is 18.2 Å². The van der Waals surface area contributed by atoms with Gasteiger partial charge >= 0.3 is 6.18 Å². The summed E-state index contributed by atoms with van der Waals surface area (Å²) in [7, 11) is 1.66. The summed E-state index contributed by atoms with van der Waals surface area (Å²) in [5.41, 5.74) is -1.31. The van der Waals surface area contributed by atoms with Gasteiger partial charge in [-0.25, -0.2) is 4.39 Å². The van der Waals surface area contributed by atoms with Crippen molar-refractivity contribution in [3.05, 3.63) is 35.4 Å². The van der Waals surface area contributed by atoms with Crippen molar-refractivity contribution in [3.8, 4) is 5.69 Å². The standard InChI is InChI=1S/C11H11F4N5/c1-6(16-2)10-17-18-19-20(10)7-3-4-9(12)8(5-7)11(13,14)15/h3-6,16H,1-2H3. The predicted molar refractivity (Wildman–Crippen MR) is 61.6 cm³/mol. The normalized spacial score (nSPS) is 13.5. The Morgan fingerprint density at radius 1 is 1.30 bits per heavy atom. The zero-order valence-corrected chi connectivity index (χ0v) is 10.6. The molecule has 108 valence electrons. The number of tetrazole rings is 1. The molecule has 0 fully saturated rings. The Labute approximate surface area is 111 Å². The van der Waals surface area contributed by atoms with Crippen LogP contribution in [0.5, 0.6) is 0 Å². The minimum Gasteiger partial charge on any atom is -0.311 e. The third-order valence-corrected chi connectivity index (χ3v) is 2.81. The van der Waals surface area contributed by atoms with E-state index in [9.17, 15) is 17.6 Å². The first kappa shape index (κ1) is 14.4. The lowest BCUT2D eigenvalue weighted by molar-refractivity contribution is -0.140. The lowest BCUT2D eigenvalue weighted by Crippen LogP contribution is -2.18. The van der Waals surface area contributed by atoms with Crippen LogP contribution >= 0.6 is 0 Å². The van der Waals surface area contributed by atoms with Crippen LogP contribution in [-0.4, -0.2) is 27.3 Å². The molecule has 1 aromatic heterocycles. The van der Waals surface area contributed by atoms with E-state index in [1.54, 1.807) is 14.0 Å². The largest absolute Gasteiger partial charge is 0.419 e. The van der Waals surface area contributed by atoms with Gasteiger partial charge in [0.05, 0.1) is 17.3 Å². The third-order valence-electron chi connectivity index (χ3n) is 2.81. The monoisotopic (exact) mass is 289 g/mol. The summed E-state index contributed by atoms with van der Waals surface area (Å²) in [6.07, 6.45) is -4.77. The Balaban J connectivity index is 2.52. The van der Waals surface area contributed by atoms with Gasteiger partial charge in [-0.2, -0.15) is 17.9 Å². The molecule has 20 heavy (non-hydrogen) atoms. The fourth-order valence-electron chi connectivity index (χ4n) is 1.64. The van der Waals surface area contributed by atoms with Gasteiger partial charge in [0.1, 0.15) is 5.82 Å². The minimum absolute atomic E-state index is 0.0424. The molecule has 1 aromatic carbocycles. The number of nitrogens with zero attached hydrogens (tertiary/aromatic N) is 4. The topological polar surface area (TPSA) is 55.6 Å². The van der Waals surface area contributed by atoms with Crippen molar-refractivity contribution in [2.75, 3.05) is 7.05 Å². The molecule has 2 rings (SSSR count). The van der Waals surface area contributed by atoms with Crippen LogP contribution < -0.4 is 5.32 Å². The zero-order chi connectivity index (χ0) is 14.9. The molecular weight excluding hydrogens is 278 g/mol. The number of nitrogens with one attached hydrogen (secondary N) is 1. The van der Waals surface area contributed by atoms with E-state index in [1.165, 1.54) is 6.07 Å². The third kappa shape index (κ3) is 2.62. The number of alkyl halides is 3. The van der Waals surface area contributed by atoms with Crippen molar-refractivity contribution < 1.29 is 17.6 Å². The highest BCUT2D eigenvalue weighted by atomic mass is 19.4. The Morgan fingerprint density at radius 2 is 2.00 bits per heavy atom. The van der Waals surface area contributed by atoms with Gasteiger partial charge in [-0.15, -0.1) is 5.10 Å². The highest BCUT2D eigenvalue weighted by Gasteiger charge is 2.34. The highest BCUT2D eigenvalue weighted by molar-refractivity contribution is 5.38. The summed E-state index contributed by atoms with van der Waals surface area (Å²) in [5, 5.41) is 13.7. The summed E-state index contributed by atoms with van der Waals surface area (Å²) < 4.78 is 52.4. The predicted octanol–water partition coefficient (Wildman–Crippen LogP) is 2.10. The minimum atomic E-state index is -4.77. The lowest BCUT2D eigenvalue weighted by Gasteiger charge is -2.13. The van der Waals surface area contributed by atoms with Crippen molar-refractivity contribution in [1.82, 2.24) is 25.5 Å². The van der Waals surface area contributed by atoms with Crippen LogP contribution in [0.4, 0.5) is 17.6 Å². The van der Waals surface area contributed by atoms with Gasteiger partial charge in [0, 0.05) is 0 Å². The molecule has 5 nitrogen and oxygen atoms in total. The van der Waals surface area contributed by atoms with Crippen molar-refractivity contribution in [2.24, 2.45) is 0 Å². The molecule has 0 aliphatic carbocycles. The summed E-state index contributed by atoms with van der Waals surface area (Å²) >= 11 is 0. The van der Waals surface area contributed by atoms with Gasteiger partial charge in [-0.1, -0.05) is 0 Å². The Morgan fingerprint density at radius 3 is 2.60 bits per heavy atom. The molecule has 1 unspecified atom stereocenters. The van der Waals surface area contributed by atoms with Crippen LogP contribution in [0.25, 0.3) is 5.69 Å². The van der Waals surface area contributed by atoms with Gasteiger partial charge < -0.3 is 5.32 Å². The number of hydrogen-bond donors (Lipinski definition) is 1. The van der Waals surface area contributed by atoms with Crippen LogP contribution in [-0.2, 0) is 6.18 Å². The fourth-order valence-corrected chi connectivity index (χ4v) is 1.64. The van der Waals surface area contributed by atoms with Crippen molar-refractivity contribution in [2.45, 2.75) is 19.1 Å². The first-order valence-corrected chi connectivity index (χ1v) is 5.67. The van der Waals surface area contributed by atoms with Crippen molar-refractivity contribution in [3.63, 3.8) is 0 Å².